The summed E-state index contributed by atoms with van der Waals surface area (Å²) in [4.78, 5) is 0. The van der Waals surface area contributed by atoms with E-state index in [1.54, 1.807) is 0 Å². The van der Waals surface area contributed by atoms with Crippen molar-refractivity contribution >= 4 is 14.5 Å². The number of likely N-dealkylation sites (tertiary alicyclic amines) is 1. The SMILES string of the molecule is CCCCCC[n+]1ccccc1.CC[N+]1(C)CCCC1.F[B-](F)(F)F.F[B-](F)(F)F. The number of quaternary nitrogens is 1. The first-order valence-electron chi connectivity index (χ1n) is 10.2. The fraction of sp³-hybridized carbons (Fsp3) is 0.722. The number of nitrogens with zero attached hydrogens (tertiary/aromatic N) is 2. The lowest BCUT2D eigenvalue weighted by Gasteiger charge is -2.26. The maximum atomic E-state index is 9.75. The molecule has 0 saturated carbocycles. The van der Waals surface area contributed by atoms with Crippen molar-refractivity contribution in [3.05, 3.63) is 30.6 Å². The number of aromatic nitrogens is 1. The third kappa shape index (κ3) is 28.9. The first-order chi connectivity index (χ1) is 13.7. The predicted octanol–water partition coefficient (Wildman–Crippen LogP) is 6.40. The smallest absolute Gasteiger partial charge is 0.418 e. The fourth-order valence-electron chi connectivity index (χ4n) is 2.72. The van der Waals surface area contributed by atoms with Crippen LogP contribution in [0.25, 0.3) is 0 Å². The second-order valence-electron chi connectivity index (χ2n) is 7.25. The van der Waals surface area contributed by atoms with Crippen LogP contribution in [0.2, 0.25) is 0 Å². The molecule has 0 atom stereocenters. The van der Waals surface area contributed by atoms with Crippen LogP contribution in [0, 0.1) is 0 Å². The molecule has 1 aliphatic heterocycles. The average molecular weight is 452 g/mol. The summed E-state index contributed by atoms with van der Waals surface area (Å²) in [5, 5.41) is 0. The van der Waals surface area contributed by atoms with Gasteiger partial charge in [-0.1, -0.05) is 25.8 Å². The van der Waals surface area contributed by atoms with Crippen molar-refractivity contribution in [3.63, 3.8) is 0 Å². The van der Waals surface area contributed by atoms with Gasteiger partial charge < -0.3 is 39.0 Å². The molecule has 2 nitrogen and oxygen atoms in total. The molecule has 0 radical (unpaired) electrons. The number of hydrogen-bond donors (Lipinski definition) is 0. The molecule has 0 amide bonds. The molecular weight excluding hydrogens is 418 g/mol. The lowest BCUT2D eigenvalue weighted by molar-refractivity contribution is -0.895. The van der Waals surface area contributed by atoms with E-state index in [-0.39, 0.29) is 0 Å². The van der Waals surface area contributed by atoms with Crippen LogP contribution in [0.15, 0.2) is 30.6 Å². The zero-order valence-corrected chi connectivity index (χ0v) is 18.0. The van der Waals surface area contributed by atoms with Crippen LogP contribution in [-0.4, -0.2) is 45.7 Å². The topological polar surface area (TPSA) is 3.88 Å². The predicted molar refractivity (Wildman–Crippen MR) is 107 cm³/mol. The molecule has 178 valence electrons. The van der Waals surface area contributed by atoms with Crippen LogP contribution in [0.1, 0.15) is 52.4 Å². The van der Waals surface area contributed by atoms with Gasteiger partial charge in [0.1, 0.15) is 6.54 Å². The molecule has 0 aliphatic carbocycles. The van der Waals surface area contributed by atoms with E-state index >= 15 is 0 Å². The Labute approximate surface area is 175 Å². The van der Waals surface area contributed by atoms with Crippen molar-refractivity contribution in [2.45, 2.75) is 58.9 Å². The summed E-state index contributed by atoms with van der Waals surface area (Å²) in [6, 6.07) is 6.22. The minimum absolute atomic E-state index is 1.17. The van der Waals surface area contributed by atoms with E-state index in [2.05, 4.69) is 56.1 Å². The van der Waals surface area contributed by atoms with Gasteiger partial charge in [0.05, 0.1) is 26.7 Å². The summed E-state index contributed by atoms with van der Waals surface area (Å²) in [6.45, 7) is 9.84. The van der Waals surface area contributed by atoms with Gasteiger partial charge in [-0.15, -0.1) is 0 Å². The zero-order chi connectivity index (χ0) is 23.7. The summed E-state index contributed by atoms with van der Waals surface area (Å²) in [7, 11) is -9.65. The van der Waals surface area contributed by atoms with Crippen LogP contribution >= 0.6 is 0 Å². The van der Waals surface area contributed by atoms with Gasteiger partial charge in [-0.3, -0.25) is 0 Å². The van der Waals surface area contributed by atoms with Crippen molar-refractivity contribution in [3.8, 4) is 0 Å². The number of hydrogen-bond acceptors (Lipinski definition) is 0. The Hall–Kier alpha value is -1.32. The van der Waals surface area contributed by atoms with Crippen molar-refractivity contribution in [2.75, 3.05) is 26.7 Å². The van der Waals surface area contributed by atoms with Crippen molar-refractivity contribution in [1.29, 1.82) is 0 Å². The van der Waals surface area contributed by atoms with Gasteiger partial charge in [-0.25, -0.2) is 4.57 Å². The Morgan fingerprint density at radius 2 is 1.17 bits per heavy atom. The highest BCUT2D eigenvalue weighted by Crippen LogP contribution is 2.14. The van der Waals surface area contributed by atoms with Gasteiger partial charge in [0, 0.05) is 31.4 Å². The molecule has 1 saturated heterocycles. The molecule has 2 rings (SSSR count). The average Bonchev–Trinajstić information content (AvgIpc) is 3.05. The summed E-state index contributed by atoms with van der Waals surface area (Å²) in [6.07, 6.45) is 12.5. The molecule has 2 heterocycles. The molecule has 0 spiro atoms. The van der Waals surface area contributed by atoms with E-state index in [9.17, 15) is 34.5 Å². The Morgan fingerprint density at radius 1 is 0.733 bits per heavy atom. The standard InChI is InChI=1S/C11H18N.C7H16N.2BF4/c1-2-3-4-6-9-12-10-7-5-8-11-12;1-3-8(2)6-4-5-7-8;2*2-1(3,4)5/h5,7-8,10-11H,2-4,6,9H2,1H3;3-7H2,1-2H3;;/q2*+1;2*-1. The Balaban J connectivity index is 0. The molecule has 12 heteroatoms. The van der Waals surface area contributed by atoms with Gasteiger partial charge >= 0.3 is 14.5 Å². The number of halogens is 8. The second-order valence-corrected chi connectivity index (χ2v) is 7.25. The maximum Gasteiger partial charge on any atom is 0.673 e. The van der Waals surface area contributed by atoms with Crippen molar-refractivity contribution in [2.24, 2.45) is 0 Å². The summed E-state index contributed by atoms with van der Waals surface area (Å²) in [5.74, 6) is 0. The molecule has 30 heavy (non-hydrogen) atoms. The van der Waals surface area contributed by atoms with Gasteiger partial charge in [-0.05, 0) is 13.3 Å². The third-order valence-electron chi connectivity index (χ3n) is 4.46. The quantitative estimate of drug-likeness (QED) is 0.155. The molecule has 1 aromatic rings. The van der Waals surface area contributed by atoms with E-state index in [0.717, 1.165) is 0 Å². The summed E-state index contributed by atoms with van der Waals surface area (Å²) < 4.78 is 81.6. The number of aryl methyl sites for hydroxylation is 1. The summed E-state index contributed by atoms with van der Waals surface area (Å²) in [5.41, 5.74) is 0. The van der Waals surface area contributed by atoms with E-state index in [0.29, 0.717) is 0 Å². The molecule has 0 unspecified atom stereocenters. The normalized spacial score (nSPS) is 15.0. The molecule has 1 fully saturated rings. The lowest BCUT2D eigenvalue weighted by Crippen LogP contribution is -2.40. The lowest BCUT2D eigenvalue weighted by atomic mass is 10.2. The van der Waals surface area contributed by atoms with Crippen LogP contribution in [0.3, 0.4) is 0 Å². The highest BCUT2D eigenvalue weighted by atomic mass is 19.5. The molecular formula is C18H34B2F8N2. The molecule has 0 N–H and O–H groups in total. The number of unbranched alkanes of at least 4 members (excludes halogenated alkanes) is 3. The first kappa shape index (κ1) is 30.9. The van der Waals surface area contributed by atoms with Crippen molar-refractivity contribution < 1.29 is 43.6 Å². The highest BCUT2D eigenvalue weighted by molar-refractivity contribution is 6.50. The Morgan fingerprint density at radius 3 is 1.50 bits per heavy atom. The third-order valence-corrected chi connectivity index (χ3v) is 4.46. The van der Waals surface area contributed by atoms with Gasteiger partial charge in [-0.2, -0.15) is 0 Å². The zero-order valence-electron chi connectivity index (χ0n) is 18.0. The van der Waals surface area contributed by atoms with Gasteiger partial charge in [0.2, 0.25) is 0 Å². The Bertz CT molecular complexity index is 483. The second kappa shape index (κ2) is 16.4. The molecule has 0 aromatic carbocycles. The molecule has 1 aromatic heterocycles. The van der Waals surface area contributed by atoms with Gasteiger partial charge in [0.15, 0.2) is 12.4 Å². The van der Waals surface area contributed by atoms with Crippen LogP contribution in [0.4, 0.5) is 34.5 Å². The van der Waals surface area contributed by atoms with Gasteiger partial charge in [0.25, 0.3) is 0 Å². The minimum atomic E-state index is -6.00. The van der Waals surface area contributed by atoms with Crippen LogP contribution in [0.5, 0.6) is 0 Å². The van der Waals surface area contributed by atoms with Crippen LogP contribution in [-0.2, 0) is 6.54 Å². The Kier molecular flexibility index (Phi) is 16.9. The van der Waals surface area contributed by atoms with E-state index in [1.165, 1.54) is 69.2 Å². The van der Waals surface area contributed by atoms with E-state index < -0.39 is 14.5 Å². The molecule has 1 aliphatic rings. The maximum absolute atomic E-state index is 9.75. The first-order valence-corrected chi connectivity index (χ1v) is 10.2. The van der Waals surface area contributed by atoms with E-state index in [1.807, 2.05) is 0 Å². The van der Waals surface area contributed by atoms with Crippen molar-refractivity contribution in [1.82, 2.24) is 0 Å². The largest absolute Gasteiger partial charge is 0.673 e. The number of rotatable bonds is 6. The fourth-order valence-corrected chi connectivity index (χ4v) is 2.72. The molecule has 0 bridgehead atoms. The monoisotopic (exact) mass is 452 g/mol. The summed E-state index contributed by atoms with van der Waals surface area (Å²) >= 11 is 0. The minimum Gasteiger partial charge on any atom is -0.418 e. The highest BCUT2D eigenvalue weighted by Gasteiger charge is 2.23. The van der Waals surface area contributed by atoms with Crippen LogP contribution < -0.4 is 4.57 Å². The van der Waals surface area contributed by atoms with E-state index in [4.69, 9.17) is 0 Å². The number of pyridine rings is 1.